The molecule has 0 N–H and O–H groups in total. The Morgan fingerprint density at radius 2 is 2.33 bits per heavy atom. The molecule has 3 aromatic heterocycles. The van der Waals surface area contributed by atoms with E-state index in [1.54, 1.807) is 17.5 Å². The summed E-state index contributed by atoms with van der Waals surface area (Å²) in [6.07, 6.45) is 4.12. The van der Waals surface area contributed by atoms with Gasteiger partial charge in [-0.3, -0.25) is 4.98 Å². The zero-order chi connectivity index (χ0) is 12.5. The van der Waals surface area contributed by atoms with Gasteiger partial charge in [0.25, 0.3) is 0 Å². The van der Waals surface area contributed by atoms with Crippen molar-refractivity contribution in [2.24, 2.45) is 0 Å². The molecule has 0 saturated heterocycles. The standard InChI is InChI=1S/C14H11N3S/c1-10-8-13(18-9-10)14-12-3-2-11(4-5-15)17(12)7-6-16-14/h2-3,6-9H,4H2,1H3. The van der Waals surface area contributed by atoms with Crippen molar-refractivity contribution in [3.8, 4) is 16.6 Å². The normalized spacial score (nSPS) is 10.7. The fourth-order valence-corrected chi connectivity index (χ4v) is 2.97. The fourth-order valence-electron chi connectivity index (χ4n) is 2.07. The maximum Gasteiger partial charge on any atom is 0.104 e. The molecule has 0 aromatic carbocycles. The van der Waals surface area contributed by atoms with E-state index in [9.17, 15) is 0 Å². The Hall–Kier alpha value is -2.12. The van der Waals surface area contributed by atoms with E-state index < -0.39 is 0 Å². The zero-order valence-corrected chi connectivity index (χ0v) is 10.7. The van der Waals surface area contributed by atoms with Gasteiger partial charge in [0.05, 0.1) is 22.9 Å². The van der Waals surface area contributed by atoms with Gasteiger partial charge in [0, 0.05) is 18.1 Å². The van der Waals surface area contributed by atoms with Gasteiger partial charge in [0.2, 0.25) is 0 Å². The lowest BCUT2D eigenvalue weighted by molar-refractivity contribution is 1.04. The quantitative estimate of drug-likeness (QED) is 0.702. The lowest BCUT2D eigenvalue weighted by Crippen LogP contribution is -1.93. The molecule has 3 nitrogen and oxygen atoms in total. The molecule has 0 aliphatic carbocycles. The molecule has 0 spiro atoms. The first kappa shape index (κ1) is 11.0. The summed E-state index contributed by atoms with van der Waals surface area (Å²) < 4.78 is 2.04. The molecule has 18 heavy (non-hydrogen) atoms. The van der Waals surface area contributed by atoms with E-state index in [4.69, 9.17) is 5.26 Å². The first-order chi connectivity index (χ1) is 8.79. The molecule has 4 heteroatoms. The number of aryl methyl sites for hydroxylation is 1. The van der Waals surface area contributed by atoms with Gasteiger partial charge < -0.3 is 4.40 Å². The molecule has 0 fully saturated rings. The van der Waals surface area contributed by atoms with Gasteiger partial charge in [-0.15, -0.1) is 11.3 Å². The van der Waals surface area contributed by atoms with Crippen molar-refractivity contribution in [1.29, 1.82) is 5.26 Å². The van der Waals surface area contributed by atoms with Gasteiger partial charge >= 0.3 is 0 Å². The number of nitrogens with zero attached hydrogens (tertiary/aromatic N) is 3. The number of thiophene rings is 1. The molecule has 3 heterocycles. The van der Waals surface area contributed by atoms with Crippen molar-refractivity contribution in [3.63, 3.8) is 0 Å². The highest BCUT2D eigenvalue weighted by molar-refractivity contribution is 7.13. The van der Waals surface area contributed by atoms with Crippen molar-refractivity contribution in [3.05, 3.63) is 47.2 Å². The van der Waals surface area contributed by atoms with Crippen LogP contribution in [0.5, 0.6) is 0 Å². The lowest BCUT2D eigenvalue weighted by Gasteiger charge is -2.03. The molecule has 0 amide bonds. The van der Waals surface area contributed by atoms with E-state index in [0.717, 1.165) is 16.9 Å². The maximum absolute atomic E-state index is 8.81. The van der Waals surface area contributed by atoms with Gasteiger partial charge in [-0.2, -0.15) is 5.26 Å². The van der Waals surface area contributed by atoms with Crippen molar-refractivity contribution >= 4 is 16.9 Å². The monoisotopic (exact) mass is 253 g/mol. The van der Waals surface area contributed by atoms with Crippen LogP contribution in [-0.2, 0) is 6.42 Å². The Bertz CT molecular complexity index is 746. The summed E-state index contributed by atoms with van der Waals surface area (Å²) in [4.78, 5) is 5.64. The van der Waals surface area contributed by atoms with Crippen LogP contribution in [0.25, 0.3) is 16.1 Å². The molecule has 88 valence electrons. The van der Waals surface area contributed by atoms with Crippen LogP contribution in [0, 0.1) is 18.3 Å². The second kappa shape index (κ2) is 4.28. The number of aromatic nitrogens is 2. The molecule has 0 atom stereocenters. The highest BCUT2D eigenvalue weighted by atomic mass is 32.1. The summed E-state index contributed by atoms with van der Waals surface area (Å²) in [7, 11) is 0. The molecule has 0 aliphatic rings. The van der Waals surface area contributed by atoms with Gasteiger partial charge in [0.1, 0.15) is 5.69 Å². The fraction of sp³-hybridized carbons (Fsp3) is 0.143. The van der Waals surface area contributed by atoms with Crippen molar-refractivity contribution in [2.75, 3.05) is 0 Å². The van der Waals surface area contributed by atoms with E-state index in [0.29, 0.717) is 6.42 Å². The third kappa shape index (κ3) is 1.69. The number of nitriles is 1. The average Bonchev–Trinajstić information content (AvgIpc) is 2.97. The molecule has 0 unspecified atom stereocenters. The van der Waals surface area contributed by atoms with E-state index in [2.05, 4.69) is 29.4 Å². The first-order valence-electron chi connectivity index (χ1n) is 5.67. The van der Waals surface area contributed by atoms with Gasteiger partial charge in [-0.05, 0) is 36.1 Å². The third-order valence-electron chi connectivity index (χ3n) is 2.89. The second-order valence-corrected chi connectivity index (χ2v) is 5.09. The predicted molar refractivity (Wildman–Crippen MR) is 72.6 cm³/mol. The Morgan fingerprint density at radius 3 is 3.06 bits per heavy atom. The van der Waals surface area contributed by atoms with Crippen LogP contribution in [0.3, 0.4) is 0 Å². The van der Waals surface area contributed by atoms with E-state index in [1.807, 2.05) is 22.7 Å². The number of fused-ring (bicyclic) bond motifs is 1. The predicted octanol–water partition coefficient (Wildman–Crippen LogP) is 3.44. The first-order valence-corrected chi connectivity index (χ1v) is 6.55. The largest absolute Gasteiger partial charge is 0.316 e. The number of rotatable bonds is 2. The Morgan fingerprint density at radius 1 is 1.44 bits per heavy atom. The van der Waals surface area contributed by atoms with Gasteiger partial charge in [0.15, 0.2) is 0 Å². The highest BCUT2D eigenvalue weighted by Gasteiger charge is 2.09. The average molecular weight is 253 g/mol. The molecular weight excluding hydrogens is 242 g/mol. The molecule has 3 rings (SSSR count). The van der Waals surface area contributed by atoms with Crippen LogP contribution in [0.4, 0.5) is 0 Å². The van der Waals surface area contributed by atoms with Crippen LogP contribution in [-0.4, -0.2) is 9.38 Å². The minimum Gasteiger partial charge on any atom is -0.316 e. The summed E-state index contributed by atoms with van der Waals surface area (Å²) in [5.74, 6) is 0. The molecule has 0 saturated carbocycles. The number of hydrogen-bond acceptors (Lipinski definition) is 3. The summed E-state index contributed by atoms with van der Waals surface area (Å²) >= 11 is 1.70. The second-order valence-electron chi connectivity index (χ2n) is 4.18. The van der Waals surface area contributed by atoms with Crippen molar-refractivity contribution in [1.82, 2.24) is 9.38 Å². The number of hydrogen-bond donors (Lipinski definition) is 0. The summed E-state index contributed by atoms with van der Waals surface area (Å²) in [5.41, 5.74) is 4.30. The molecule has 0 radical (unpaired) electrons. The Labute approximate surface area is 109 Å². The molecule has 0 aliphatic heterocycles. The van der Waals surface area contributed by atoms with Crippen molar-refractivity contribution < 1.29 is 0 Å². The lowest BCUT2D eigenvalue weighted by atomic mass is 10.2. The third-order valence-corrected chi connectivity index (χ3v) is 3.94. The van der Waals surface area contributed by atoms with E-state index >= 15 is 0 Å². The SMILES string of the molecule is Cc1csc(-c2nccn3c(CC#N)ccc23)c1. The summed E-state index contributed by atoms with van der Waals surface area (Å²) in [5, 5.41) is 10.9. The molecule has 0 bridgehead atoms. The van der Waals surface area contributed by atoms with Crippen LogP contribution in [0.1, 0.15) is 11.3 Å². The molecular formula is C14H11N3S. The van der Waals surface area contributed by atoms with Gasteiger partial charge in [-0.25, -0.2) is 0 Å². The van der Waals surface area contributed by atoms with Crippen LogP contribution in [0.2, 0.25) is 0 Å². The van der Waals surface area contributed by atoms with Crippen LogP contribution in [0.15, 0.2) is 36.0 Å². The minimum absolute atomic E-state index is 0.418. The summed E-state index contributed by atoms with van der Waals surface area (Å²) in [6.45, 7) is 2.08. The highest BCUT2D eigenvalue weighted by Crippen LogP contribution is 2.29. The smallest absolute Gasteiger partial charge is 0.104 e. The summed E-state index contributed by atoms with van der Waals surface area (Å²) in [6, 6.07) is 8.35. The minimum atomic E-state index is 0.418. The maximum atomic E-state index is 8.81. The Kier molecular flexibility index (Phi) is 2.62. The zero-order valence-electron chi connectivity index (χ0n) is 9.92. The van der Waals surface area contributed by atoms with Crippen molar-refractivity contribution in [2.45, 2.75) is 13.3 Å². The van der Waals surface area contributed by atoms with E-state index in [-0.39, 0.29) is 0 Å². The van der Waals surface area contributed by atoms with Crippen LogP contribution >= 0.6 is 11.3 Å². The topological polar surface area (TPSA) is 41.1 Å². The van der Waals surface area contributed by atoms with E-state index in [1.165, 1.54) is 10.4 Å². The molecule has 3 aromatic rings. The van der Waals surface area contributed by atoms with Gasteiger partial charge in [-0.1, -0.05) is 0 Å². The Balaban J connectivity index is 2.22. The van der Waals surface area contributed by atoms with Crippen LogP contribution < -0.4 is 0 Å².